The third-order valence-electron chi connectivity index (χ3n) is 6.48. The molecule has 0 atom stereocenters. The van der Waals surface area contributed by atoms with Crippen LogP contribution in [0.2, 0.25) is 0 Å². The first kappa shape index (κ1) is 23.3. The normalized spacial score (nSPS) is 14.3. The molecule has 37 heavy (non-hydrogen) atoms. The highest BCUT2D eigenvalue weighted by atomic mass is 19.1. The van der Waals surface area contributed by atoms with Crippen molar-refractivity contribution in [3.05, 3.63) is 84.6 Å². The summed E-state index contributed by atoms with van der Waals surface area (Å²) in [5.41, 5.74) is 5.61. The van der Waals surface area contributed by atoms with Crippen LogP contribution in [0, 0.1) is 11.6 Å². The average molecular weight is 499 g/mol. The molecule has 0 aliphatic carbocycles. The number of hydrogen-bond donors (Lipinski definition) is 0. The Hall–Kier alpha value is -4.08. The molecule has 6 rings (SSSR count). The largest absolute Gasteiger partial charge is 0.379 e. The molecule has 2 aromatic heterocycles. The molecule has 1 aliphatic rings. The van der Waals surface area contributed by atoms with Crippen molar-refractivity contribution in [1.29, 1.82) is 0 Å². The van der Waals surface area contributed by atoms with Crippen LogP contribution in [0.1, 0.15) is 0 Å². The third kappa shape index (κ3) is 5.09. The Labute approximate surface area is 212 Å². The molecule has 7 nitrogen and oxygen atoms in total. The molecule has 0 bridgehead atoms. The van der Waals surface area contributed by atoms with E-state index in [4.69, 9.17) is 14.7 Å². The molecular weight excluding hydrogens is 474 g/mol. The molecule has 3 heterocycles. The van der Waals surface area contributed by atoms with Gasteiger partial charge in [0, 0.05) is 36.3 Å². The van der Waals surface area contributed by atoms with Crippen molar-refractivity contribution in [2.45, 2.75) is 6.54 Å². The minimum atomic E-state index is -0.333. The topological polar surface area (TPSA) is 69.0 Å². The van der Waals surface area contributed by atoms with Gasteiger partial charge in [0.15, 0.2) is 0 Å². The maximum atomic E-state index is 13.6. The van der Waals surface area contributed by atoms with Crippen LogP contribution in [0.5, 0.6) is 0 Å². The Morgan fingerprint density at radius 2 is 1.30 bits per heavy atom. The van der Waals surface area contributed by atoms with E-state index >= 15 is 0 Å². The summed E-state index contributed by atoms with van der Waals surface area (Å²) in [5.74, 6) is -0.664. The van der Waals surface area contributed by atoms with Crippen LogP contribution in [-0.4, -0.2) is 62.7 Å². The molecule has 1 saturated heterocycles. The minimum absolute atomic E-state index is 0.330. The molecule has 9 heteroatoms. The number of morpholine rings is 1. The number of fused-ring (bicyclic) bond motifs is 1. The van der Waals surface area contributed by atoms with Gasteiger partial charge in [0.2, 0.25) is 0 Å². The summed E-state index contributed by atoms with van der Waals surface area (Å²) in [5, 5.41) is 8.66. The quantitative estimate of drug-likeness (QED) is 0.334. The molecule has 0 spiro atoms. The predicted molar refractivity (Wildman–Crippen MR) is 137 cm³/mol. The molecule has 5 aromatic rings. The zero-order valence-corrected chi connectivity index (χ0v) is 20.0. The summed E-state index contributed by atoms with van der Waals surface area (Å²) in [6.45, 7) is 5.04. The van der Waals surface area contributed by atoms with Crippen LogP contribution in [0.25, 0.3) is 44.8 Å². The highest BCUT2D eigenvalue weighted by Crippen LogP contribution is 2.32. The van der Waals surface area contributed by atoms with E-state index in [0.29, 0.717) is 22.4 Å². The number of hydrogen-bond acceptors (Lipinski definition) is 6. The Balaban J connectivity index is 1.34. The number of nitrogens with zero attached hydrogens (tertiary/aromatic N) is 6. The predicted octanol–water partition coefficient (Wildman–Crippen LogP) is 4.83. The van der Waals surface area contributed by atoms with E-state index in [2.05, 4.69) is 15.2 Å². The number of aromatic nitrogens is 5. The maximum Gasteiger partial charge on any atom is 0.123 e. The first-order valence-corrected chi connectivity index (χ1v) is 12.2. The molecule has 1 fully saturated rings. The number of benzene rings is 3. The molecule has 0 N–H and O–H groups in total. The van der Waals surface area contributed by atoms with Crippen LogP contribution in [0.3, 0.4) is 0 Å². The molecule has 0 radical (unpaired) electrons. The van der Waals surface area contributed by atoms with Crippen molar-refractivity contribution in [3.8, 4) is 33.8 Å². The van der Waals surface area contributed by atoms with Gasteiger partial charge in [-0.15, -0.1) is 5.10 Å². The summed E-state index contributed by atoms with van der Waals surface area (Å²) in [7, 11) is 0. The van der Waals surface area contributed by atoms with Crippen LogP contribution < -0.4 is 0 Å². The second kappa shape index (κ2) is 10.1. The SMILES string of the molecule is Fc1ccc(-c2nc3ccc(-c4cn(CCN5CCOCC5)nn4)cc3nc2-c2ccc(F)cc2)cc1. The van der Waals surface area contributed by atoms with Gasteiger partial charge in [0.25, 0.3) is 0 Å². The second-order valence-electron chi connectivity index (χ2n) is 8.96. The summed E-state index contributed by atoms with van der Waals surface area (Å²) in [6, 6.07) is 18.0. The van der Waals surface area contributed by atoms with Gasteiger partial charge in [-0.2, -0.15) is 0 Å². The van der Waals surface area contributed by atoms with E-state index in [0.717, 1.165) is 61.8 Å². The number of rotatable bonds is 6. The Morgan fingerprint density at radius 1 is 0.703 bits per heavy atom. The molecule has 186 valence electrons. The van der Waals surface area contributed by atoms with E-state index < -0.39 is 0 Å². The third-order valence-corrected chi connectivity index (χ3v) is 6.48. The van der Waals surface area contributed by atoms with Gasteiger partial charge >= 0.3 is 0 Å². The van der Waals surface area contributed by atoms with Crippen LogP contribution >= 0.6 is 0 Å². The first-order chi connectivity index (χ1) is 18.1. The van der Waals surface area contributed by atoms with Gasteiger partial charge in [-0.25, -0.2) is 18.7 Å². The molecule has 0 amide bonds. The van der Waals surface area contributed by atoms with Gasteiger partial charge in [0.1, 0.15) is 17.3 Å². The van der Waals surface area contributed by atoms with Gasteiger partial charge in [0.05, 0.1) is 48.4 Å². The molecule has 0 saturated carbocycles. The fraction of sp³-hybridized carbons (Fsp3) is 0.214. The highest BCUT2D eigenvalue weighted by Gasteiger charge is 2.16. The molecule has 3 aromatic carbocycles. The van der Waals surface area contributed by atoms with Crippen molar-refractivity contribution in [1.82, 2.24) is 29.9 Å². The summed E-state index contributed by atoms with van der Waals surface area (Å²) < 4.78 is 34.5. The van der Waals surface area contributed by atoms with Crippen molar-refractivity contribution in [2.24, 2.45) is 0 Å². The Morgan fingerprint density at radius 3 is 1.95 bits per heavy atom. The van der Waals surface area contributed by atoms with E-state index in [1.165, 1.54) is 24.3 Å². The van der Waals surface area contributed by atoms with Crippen LogP contribution in [0.15, 0.2) is 72.9 Å². The van der Waals surface area contributed by atoms with Gasteiger partial charge < -0.3 is 4.74 Å². The lowest BCUT2D eigenvalue weighted by Crippen LogP contribution is -2.38. The smallest absolute Gasteiger partial charge is 0.123 e. The summed E-state index contributed by atoms with van der Waals surface area (Å²) in [6.07, 6.45) is 1.93. The van der Waals surface area contributed by atoms with Crippen molar-refractivity contribution < 1.29 is 13.5 Å². The van der Waals surface area contributed by atoms with E-state index in [-0.39, 0.29) is 11.6 Å². The monoisotopic (exact) mass is 498 g/mol. The van der Waals surface area contributed by atoms with E-state index in [1.54, 1.807) is 24.3 Å². The lowest BCUT2D eigenvalue weighted by molar-refractivity contribution is 0.0359. The van der Waals surface area contributed by atoms with E-state index in [9.17, 15) is 8.78 Å². The zero-order valence-electron chi connectivity index (χ0n) is 20.0. The summed E-state index contributed by atoms with van der Waals surface area (Å²) >= 11 is 0. The highest BCUT2D eigenvalue weighted by molar-refractivity contribution is 5.88. The maximum absolute atomic E-state index is 13.6. The molecular formula is C28H24F2N6O. The van der Waals surface area contributed by atoms with E-state index in [1.807, 2.05) is 29.1 Å². The van der Waals surface area contributed by atoms with Crippen LogP contribution in [-0.2, 0) is 11.3 Å². The van der Waals surface area contributed by atoms with Crippen molar-refractivity contribution >= 4 is 11.0 Å². The standard InChI is InChI=1S/C28H24F2N6O/c29-22-6-1-19(2-7-22)27-28(20-3-8-23(30)9-4-20)32-25-17-21(5-10-24(25)31-27)26-18-36(34-33-26)12-11-35-13-15-37-16-14-35/h1-10,17-18H,11-16H2. The molecule has 1 aliphatic heterocycles. The number of halogens is 2. The number of ether oxygens (including phenoxy) is 1. The van der Waals surface area contributed by atoms with Crippen LogP contribution in [0.4, 0.5) is 8.78 Å². The Kier molecular flexibility index (Phi) is 6.38. The van der Waals surface area contributed by atoms with Crippen molar-refractivity contribution in [2.75, 3.05) is 32.8 Å². The minimum Gasteiger partial charge on any atom is -0.379 e. The van der Waals surface area contributed by atoms with Gasteiger partial charge in [-0.1, -0.05) is 11.3 Å². The average Bonchev–Trinajstić information content (AvgIpc) is 3.42. The zero-order chi connectivity index (χ0) is 25.2. The lowest BCUT2D eigenvalue weighted by Gasteiger charge is -2.26. The Bertz CT molecular complexity index is 1530. The fourth-order valence-corrected chi connectivity index (χ4v) is 4.44. The lowest BCUT2D eigenvalue weighted by atomic mass is 10.0. The second-order valence-corrected chi connectivity index (χ2v) is 8.96. The van der Waals surface area contributed by atoms with Gasteiger partial charge in [-0.05, 0) is 60.7 Å². The fourth-order valence-electron chi connectivity index (χ4n) is 4.44. The van der Waals surface area contributed by atoms with Gasteiger partial charge in [-0.3, -0.25) is 9.58 Å². The summed E-state index contributed by atoms with van der Waals surface area (Å²) in [4.78, 5) is 12.1. The molecule has 0 unspecified atom stereocenters. The van der Waals surface area contributed by atoms with Crippen molar-refractivity contribution in [3.63, 3.8) is 0 Å². The first-order valence-electron chi connectivity index (χ1n) is 12.2.